The molecule has 1 heterocycles. The van der Waals surface area contributed by atoms with Gasteiger partial charge in [0.15, 0.2) is 5.82 Å². The molecule has 1 amide bonds. The minimum absolute atomic E-state index is 0.0501. The van der Waals surface area contributed by atoms with E-state index in [9.17, 15) is 4.79 Å². The van der Waals surface area contributed by atoms with Crippen LogP contribution in [0.25, 0.3) is 0 Å². The highest BCUT2D eigenvalue weighted by Crippen LogP contribution is 2.09. The predicted octanol–water partition coefficient (Wildman–Crippen LogP) is 2.40. The van der Waals surface area contributed by atoms with Crippen LogP contribution in [-0.4, -0.2) is 26.5 Å². The topological polar surface area (TPSA) is 83.6 Å². The van der Waals surface area contributed by atoms with Gasteiger partial charge in [-0.05, 0) is 24.8 Å². The minimum atomic E-state index is 0.0501. The van der Waals surface area contributed by atoms with Crippen LogP contribution in [0.15, 0.2) is 30.3 Å². The molecule has 6 nitrogen and oxygen atoms in total. The third-order valence-electron chi connectivity index (χ3n) is 3.54. The number of unbranched alkanes of at least 4 members (excludes halogenated alkanes) is 4. The maximum absolute atomic E-state index is 11.6. The molecule has 0 spiro atoms. The van der Waals surface area contributed by atoms with Crippen molar-refractivity contribution >= 4 is 5.91 Å². The highest BCUT2D eigenvalue weighted by Gasteiger charge is 2.03. The van der Waals surface area contributed by atoms with Gasteiger partial charge in [0.2, 0.25) is 5.91 Å². The summed E-state index contributed by atoms with van der Waals surface area (Å²) in [6, 6.07) is 10.6. The second-order valence-electron chi connectivity index (χ2n) is 5.36. The molecule has 0 atom stereocenters. The van der Waals surface area contributed by atoms with E-state index in [-0.39, 0.29) is 5.91 Å². The van der Waals surface area contributed by atoms with E-state index < -0.39 is 0 Å². The highest BCUT2D eigenvalue weighted by molar-refractivity contribution is 5.75. The average Bonchev–Trinajstić information content (AvgIpc) is 3.06. The molecule has 22 heavy (non-hydrogen) atoms. The molecule has 0 saturated carbocycles. The number of nitrogens with zero attached hydrogens (tertiary/aromatic N) is 3. The second-order valence-corrected chi connectivity index (χ2v) is 5.36. The zero-order chi connectivity index (χ0) is 15.5. The summed E-state index contributed by atoms with van der Waals surface area (Å²) in [6.45, 7) is 0.340. The van der Waals surface area contributed by atoms with Crippen molar-refractivity contribution < 1.29 is 4.79 Å². The summed E-state index contributed by atoms with van der Waals surface area (Å²) in [5.74, 6) is 0.559. The first kappa shape index (κ1) is 16.1. The van der Waals surface area contributed by atoms with E-state index in [0.29, 0.717) is 18.8 Å². The standard InChI is InChI=1S/C16H23N5O/c22-16(17-13-15-18-20-21-19-15)12-8-3-1-2-5-9-14-10-6-4-7-11-14/h4,6-7,10-11H,1-3,5,8-9,12-13H2,(H,17,22)(H,18,19,20,21). The van der Waals surface area contributed by atoms with Gasteiger partial charge in [-0.2, -0.15) is 5.21 Å². The fourth-order valence-corrected chi connectivity index (χ4v) is 2.31. The van der Waals surface area contributed by atoms with Crippen molar-refractivity contribution in [2.45, 2.75) is 51.5 Å². The maximum atomic E-state index is 11.6. The molecule has 0 aliphatic rings. The first-order chi connectivity index (χ1) is 10.8. The molecule has 2 aromatic rings. The molecule has 0 aliphatic carbocycles. The van der Waals surface area contributed by atoms with Crippen molar-refractivity contribution in [3.63, 3.8) is 0 Å². The molecule has 2 rings (SSSR count). The Hall–Kier alpha value is -2.24. The lowest BCUT2D eigenvalue weighted by Crippen LogP contribution is -2.23. The van der Waals surface area contributed by atoms with Crippen molar-refractivity contribution in [3.8, 4) is 0 Å². The zero-order valence-electron chi connectivity index (χ0n) is 12.8. The van der Waals surface area contributed by atoms with Gasteiger partial charge in [0, 0.05) is 6.42 Å². The van der Waals surface area contributed by atoms with E-state index in [4.69, 9.17) is 0 Å². The van der Waals surface area contributed by atoms with Crippen LogP contribution in [0.5, 0.6) is 0 Å². The molecule has 1 aromatic heterocycles. The molecule has 6 heteroatoms. The van der Waals surface area contributed by atoms with Gasteiger partial charge in [-0.15, -0.1) is 10.2 Å². The van der Waals surface area contributed by atoms with E-state index in [1.807, 2.05) is 6.07 Å². The van der Waals surface area contributed by atoms with Crippen molar-refractivity contribution in [2.24, 2.45) is 0 Å². The number of hydrogen-bond donors (Lipinski definition) is 2. The van der Waals surface area contributed by atoms with Gasteiger partial charge in [-0.25, -0.2) is 0 Å². The van der Waals surface area contributed by atoms with Crippen molar-refractivity contribution in [1.82, 2.24) is 25.9 Å². The molecule has 0 unspecified atom stereocenters. The highest BCUT2D eigenvalue weighted by atomic mass is 16.1. The molecule has 0 fully saturated rings. The molecule has 0 saturated heterocycles. The SMILES string of the molecule is O=C(CCCCCCCc1ccccc1)NCc1nn[nH]n1. The van der Waals surface area contributed by atoms with E-state index in [0.717, 1.165) is 19.3 Å². The Morgan fingerprint density at radius 1 is 1.05 bits per heavy atom. The van der Waals surface area contributed by atoms with E-state index >= 15 is 0 Å². The third kappa shape index (κ3) is 6.47. The number of amides is 1. The minimum Gasteiger partial charge on any atom is -0.349 e. The number of nitrogens with one attached hydrogen (secondary N) is 2. The van der Waals surface area contributed by atoms with Gasteiger partial charge in [-0.3, -0.25) is 4.79 Å². The maximum Gasteiger partial charge on any atom is 0.220 e. The second kappa shape index (κ2) is 9.65. The molecular weight excluding hydrogens is 278 g/mol. The van der Waals surface area contributed by atoms with Gasteiger partial charge in [0.1, 0.15) is 0 Å². The summed E-state index contributed by atoms with van der Waals surface area (Å²) >= 11 is 0. The van der Waals surface area contributed by atoms with Gasteiger partial charge < -0.3 is 5.32 Å². The summed E-state index contributed by atoms with van der Waals surface area (Å²) in [5.41, 5.74) is 1.41. The average molecular weight is 301 g/mol. The van der Waals surface area contributed by atoms with Crippen LogP contribution in [-0.2, 0) is 17.8 Å². The monoisotopic (exact) mass is 301 g/mol. The molecule has 118 valence electrons. The summed E-state index contributed by atoms with van der Waals surface area (Å²) in [5, 5.41) is 16.1. The fraction of sp³-hybridized carbons (Fsp3) is 0.500. The Morgan fingerprint density at radius 2 is 1.82 bits per heavy atom. The van der Waals surface area contributed by atoms with Crippen LogP contribution in [0.2, 0.25) is 0 Å². The molecule has 2 N–H and O–H groups in total. The van der Waals surface area contributed by atoms with Crippen molar-refractivity contribution in [2.75, 3.05) is 0 Å². The number of carbonyl (C=O) groups is 1. The summed E-state index contributed by atoms with van der Waals surface area (Å²) in [6.07, 6.45) is 7.37. The summed E-state index contributed by atoms with van der Waals surface area (Å²) < 4.78 is 0. The number of carbonyl (C=O) groups excluding carboxylic acids is 1. The van der Waals surface area contributed by atoms with E-state index in [2.05, 4.69) is 50.2 Å². The quantitative estimate of drug-likeness (QED) is 0.660. The Balaban J connectivity index is 1.43. The Kier molecular flexibility index (Phi) is 7.08. The van der Waals surface area contributed by atoms with Gasteiger partial charge in [0.25, 0.3) is 0 Å². The van der Waals surface area contributed by atoms with Gasteiger partial charge in [-0.1, -0.05) is 54.8 Å². The molecule has 0 radical (unpaired) electrons. The molecule has 1 aromatic carbocycles. The van der Waals surface area contributed by atoms with E-state index in [1.165, 1.54) is 24.8 Å². The number of aromatic amines is 1. The first-order valence-corrected chi connectivity index (χ1v) is 7.87. The van der Waals surface area contributed by atoms with Crippen molar-refractivity contribution in [3.05, 3.63) is 41.7 Å². The van der Waals surface area contributed by atoms with Crippen LogP contribution in [0.1, 0.15) is 49.9 Å². The van der Waals surface area contributed by atoms with Crippen LogP contribution >= 0.6 is 0 Å². The lowest BCUT2D eigenvalue weighted by Gasteiger charge is -2.03. The third-order valence-corrected chi connectivity index (χ3v) is 3.54. The van der Waals surface area contributed by atoms with Gasteiger partial charge >= 0.3 is 0 Å². The number of rotatable bonds is 10. The summed E-state index contributed by atoms with van der Waals surface area (Å²) in [7, 11) is 0. The first-order valence-electron chi connectivity index (χ1n) is 7.87. The largest absolute Gasteiger partial charge is 0.349 e. The molecule has 0 aliphatic heterocycles. The fourth-order valence-electron chi connectivity index (χ4n) is 2.31. The molecular formula is C16H23N5O. The van der Waals surface area contributed by atoms with Gasteiger partial charge in [0.05, 0.1) is 6.54 Å². The number of aryl methyl sites for hydroxylation is 1. The van der Waals surface area contributed by atoms with Crippen LogP contribution in [0, 0.1) is 0 Å². The Morgan fingerprint density at radius 3 is 2.59 bits per heavy atom. The number of H-pyrrole nitrogens is 1. The number of tetrazole rings is 1. The zero-order valence-corrected chi connectivity index (χ0v) is 12.8. The number of aromatic nitrogens is 4. The summed E-state index contributed by atoms with van der Waals surface area (Å²) in [4.78, 5) is 11.6. The van der Waals surface area contributed by atoms with Crippen LogP contribution in [0.4, 0.5) is 0 Å². The normalized spacial score (nSPS) is 10.5. The Labute approximate surface area is 130 Å². The smallest absolute Gasteiger partial charge is 0.220 e. The van der Waals surface area contributed by atoms with Crippen molar-refractivity contribution in [1.29, 1.82) is 0 Å². The number of benzene rings is 1. The Bertz CT molecular complexity index is 527. The van der Waals surface area contributed by atoms with Crippen LogP contribution in [0.3, 0.4) is 0 Å². The van der Waals surface area contributed by atoms with E-state index in [1.54, 1.807) is 0 Å². The lowest BCUT2D eigenvalue weighted by atomic mass is 10.0. The van der Waals surface area contributed by atoms with Crippen LogP contribution < -0.4 is 5.32 Å². The molecule has 0 bridgehead atoms. The number of hydrogen-bond acceptors (Lipinski definition) is 4. The lowest BCUT2D eigenvalue weighted by molar-refractivity contribution is -0.121. The predicted molar refractivity (Wildman–Crippen MR) is 83.9 cm³/mol.